The summed E-state index contributed by atoms with van der Waals surface area (Å²) in [5, 5.41) is 18.8. The highest BCUT2D eigenvalue weighted by molar-refractivity contribution is 5.91. The van der Waals surface area contributed by atoms with E-state index in [-0.39, 0.29) is 11.9 Å². The van der Waals surface area contributed by atoms with Crippen LogP contribution in [-0.4, -0.2) is 23.6 Å². The van der Waals surface area contributed by atoms with Crippen LogP contribution >= 0.6 is 0 Å². The Balaban J connectivity index is 1.49. The maximum Gasteiger partial charge on any atom is 0.225 e. The van der Waals surface area contributed by atoms with Crippen LogP contribution in [0.3, 0.4) is 0 Å². The maximum absolute atomic E-state index is 12.1. The number of rotatable bonds is 7. The molecular formula is C22H24N2O2. The van der Waals surface area contributed by atoms with E-state index in [2.05, 4.69) is 16.7 Å². The molecule has 3 rings (SSSR count). The Morgan fingerprint density at radius 3 is 2.42 bits per heavy atom. The summed E-state index contributed by atoms with van der Waals surface area (Å²) in [6.07, 6.45) is -0.265. The van der Waals surface area contributed by atoms with Gasteiger partial charge in [0.2, 0.25) is 5.91 Å². The second-order valence-corrected chi connectivity index (χ2v) is 6.55. The summed E-state index contributed by atoms with van der Waals surface area (Å²) < 4.78 is 0. The largest absolute Gasteiger partial charge is 0.387 e. The molecule has 0 saturated heterocycles. The molecule has 0 aliphatic heterocycles. The number of amides is 1. The predicted octanol–water partition coefficient (Wildman–Crippen LogP) is 3.88. The number of anilines is 1. The number of hydrogen-bond donors (Lipinski definition) is 3. The standard InChI is InChI=1S/C22H24N2O2/c1-16(13-22(26)24-20-9-3-2-4-10-20)23-15-21(25)19-12-11-17-7-5-6-8-18(17)14-19/h2-12,14,16,21,23,25H,13,15H2,1H3,(H,24,26). The van der Waals surface area contributed by atoms with Crippen molar-refractivity contribution in [2.24, 2.45) is 0 Å². The molecule has 1 amide bonds. The average molecular weight is 348 g/mol. The molecule has 0 aliphatic rings. The van der Waals surface area contributed by atoms with Gasteiger partial charge in [-0.15, -0.1) is 0 Å². The van der Waals surface area contributed by atoms with Gasteiger partial charge < -0.3 is 15.7 Å². The molecule has 26 heavy (non-hydrogen) atoms. The van der Waals surface area contributed by atoms with Gasteiger partial charge in [-0.25, -0.2) is 0 Å². The first kappa shape index (κ1) is 18.1. The van der Waals surface area contributed by atoms with Gasteiger partial charge >= 0.3 is 0 Å². The van der Waals surface area contributed by atoms with Gasteiger partial charge in [-0.3, -0.25) is 4.79 Å². The van der Waals surface area contributed by atoms with Crippen LogP contribution in [0.25, 0.3) is 10.8 Å². The first-order valence-electron chi connectivity index (χ1n) is 8.87. The van der Waals surface area contributed by atoms with Crippen molar-refractivity contribution in [3.63, 3.8) is 0 Å². The zero-order chi connectivity index (χ0) is 18.4. The average Bonchev–Trinajstić information content (AvgIpc) is 2.66. The van der Waals surface area contributed by atoms with Crippen LogP contribution in [-0.2, 0) is 4.79 Å². The highest BCUT2D eigenvalue weighted by atomic mass is 16.3. The minimum atomic E-state index is -0.612. The molecule has 3 aromatic carbocycles. The fraction of sp³-hybridized carbons (Fsp3) is 0.227. The summed E-state index contributed by atoms with van der Waals surface area (Å²) in [6.45, 7) is 2.34. The quantitative estimate of drug-likeness (QED) is 0.607. The van der Waals surface area contributed by atoms with E-state index in [1.54, 1.807) is 0 Å². The zero-order valence-corrected chi connectivity index (χ0v) is 14.9. The molecule has 0 radical (unpaired) electrons. The lowest BCUT2D eigenvalue weighted by Gasteiger charge is -2.17. The summed E-state index contributed by atoms with van der Waals surface area (Å²) in [6, 6.07) is 23.4. The lowest BCUT2D eigenvalue weighted by Crippen LogP contribution is -2.33. The normalized spacial score (nSPS) is 13.3. The molecule has 2 unspecified atom stereocenters. The van der Waals surface area contributed by atoms with Crippen molar-refractivity contribution in [2.75, 3.05) is 11.9 Å². The fourth-order valence-electron chi connectivity index (χ4n) is 2.93. The molecule has 0 heterocycles. The van der Waals surface area contributed by atoms with Crippen molar-refractivity contribution in [2.45, 2.75) is 25.5 Å². The number of hydrogen-bond acceptors (Lipinski definition) is 3. The van der Waals surface area contributed by atoms with Crippen molar-refractivity contribution in [1.29, 1.82) is 0 Å². The third-order valence-corrected chi connectivity index (χ3v) is 4.37. The summed E-state index contributed by atoms with van der Waals surface area (Å²) in [7, 11) is 0. The molecule has 0 bridgehead atoms. The number of benzene rings is 3. The Morgan fingerprint density at radius 2 is 1.65 bits per heavy atom. The molecule has 0 saturated carbocycles. The van der Waals surface area contributed by atoms with Crippen LogP contribution in [0, 0.1) is 0 Å². The molecule has 3 N–H and O–H groups in total. The van der Waals surface area contributed by atoms with E-state index in [0.717, 1.165) is 22.0 Å². The Morgan fingerprint density at radius 1 is 0.962 bits per heavy atom. The van der Waals surface area contributed by atoms with Gasteiger partial charge in [-0.1, -0.05) is 54.6 Å². The van der Waals surface area contributed by atoms with Crippen LogP contribution in [0.2, 0.25) is 0 Å². The highest BCUT2D eigenvalue weighted by Gasteiger charge is 2.13. The van der Waals surface area contributed by atoms with Crippen LogP contribution < -0.4 is 10.6 Å². The van der Waals surface area contributed by atoms with E-state index >= 15 is 0 Å². The van der Waals surface area contributed by atoms with Gasteiger partial charge in [0.05, 0.1) is 6.10 Å². The van der Waals surface area contributed by atoms with Gasteiger partial charge in [0.25, 0.3) is 0 Å². The first-order chi connectivity index (χ1) is 12.6. The molecule has 3 aromatic rings. The Kier molecular flexibility index (Phi) is 6.00. The highest BCUT2D eigenvalue weighted by Crippen LogP contribution is 2.20. The molecule has 0 aliphatic carbocycles. The molecule has 2 atom stereocenters. The number of aliphatic hydroxyl groups excluding tert-OH is 1. The van der Waals surface area contributed by atoms with Crippen molar-refractivity contribution in [3.8, 4) is 0 Å². The SMILES string of the molecule is CC(CC(=O)Nc1ccccc1)NCC(O)c1ccc2ccccc2c1. The third-order valence-electron chi connectivity index (χ3n) is 4.37. The summed E-state index contributed by atoms with van der Waals surface area (Å²) in [4.78, 5) is 12.1. The lowest BCUT2D eigenvalue weighted by molar-refractivity contribution is -0.116. The van der Waals surface area contributed by atoms with E-state index in [9.17, 15) is 9.90 Å². The number of para-hydroxylation sites is 1. The number of fused-ring (bicyclic) bond motifs is 1. The number of carbonyl (C=O) groups excluding carboxylic acids is 1. The van der Waals surface area contributed by atoms with Gasteiger partial charge in [0.15, 0.2) is 0 Å². The topological polar surface area (TPSA) is 61.4 Å². The van der Waals surface area contributed by atoms with Crippen LogP contribution in [0.15, 0.2) is 72.8 Å². The zero-order valence-electron chi connectivity index (χ0n) is 14.9. The first-order valence-corrected chi connectivity index (χ1v) is 8.87. The molecule has 134 valence electrons. The van der Waals surface area contributed by atoms with Crippen LogP contribution in [0.5, 0.6) is 0 Å². The smallest absolute Gasteiger partial charge is 0.225 e. The fourth-order valence-corrected chi connectivity index (χ4v) is 2.93. The monoisotopic (exact) mass is 348 g/mol. The van der Waals surface area contributed by atoms with Gasteiger partial charge in [0, 0.05) is 24.7 Å². The van der Waals surface area contributed by atoms with E-state index in [0.29, 0.717) is 13.0 Å². The second-order valence-electron chi connectivity index (χ2n) is 6.55. The molecule has 4 nitrogen and oxygen atoms in total. The van der Waals surface area contributed by atoms with E-state index in [1.807, 2.05) is 73.7 Å². The summed E-state index contributed by atoms with van der Waals surface area (Å²) in [5.41, 5.74) is 1.66. The molecule has 0 aromatic heterocycles. The third kappa shape index (κ3) is 4.91. The molecule has 0 fully saturated rings. The maximum atomic E-state index is 12.1. The van der Waals surface area contributed by atoms with E-state index in [1.165, 1.54) is 0 Å². The van der Waals surface area contributed by atoms with Crippen molar-refractivity contribution >= 4 is 22.4 Å². The van der Waals surface area contributed by atoms with Crippen LogP contribution in [0.4, 0.5) is 5.69 Å². The summed E-state index contributed by atoms with van der Waals surface area (Å²) in [5.74, 6) is -0.0450. The lowest BCUT2D eigenvalue weighted by atomic mass is 10.0. The van der Waals surface area contributed by atoms with Crippen molar-refractivity contribution in [3.05, 3.63) is 78.4 Å². The second kappa shape index (κ2) is 8.61. The van der Waals surface area contributed by atoms with Gasteiger partial charge in [-0.05, 0) is 41.5 Å². The van der Waals surface area contributed by atoms with E-state index < -0.39 is 6.10 Å². The predicted molar refractivity (Wildman–Crippen MR) is 106 cm³/mol. The molecule has 0 spiro atoms. The Hall–Kier alpha value is -2.69. The molecular weight excluding hydrogens is 324 g/mol. The number of nitrogens with one attached hydrogen (secondary N) is 2. The van der Waals surface area contributed by atoms with E-state index in [4.69, 9.17) is 0 Å². The summed E-state index contributed by atoms with van der Waals surface area (Å²) >= 11 is 0. The minimum Gasteiger partial charge on any atom is -0.387 e. The number of aliphatic hydroxyl groups is 1. The Labute approximate surface area is 153 Å². The molecule has 4 heteroatoms. The van der Waals surface area contributed by atoms with Gasteiger partial charge in [0.1, 0.15) is 0 Å². The van der Waals surface area contributed by atoms with Gasteiger partial charge in [-0.2, -0.15) is 0 Å². The Bertz CT molecular complexity index is 864. The minimum absolute atomic E-state index is 0.0335. The van der Waals surface area contributed by atoms with Crippen LogP contribution in [0.1, 0.15) is 25.0 Å². The number of carbonyl (C=O) groups is 1. The van der Waals surface area contributed by atoms with Crippen molar-refractivity contribution < 1.29 is 9.90 Å². The van der Waals surface area contributed by atoms with Crippen molar-refractivity contribution in [1.82, 2.24) is 5.32 Å².